The van der Waals surface area contributed by atoms with Crippen molar-refractivity contribution in [2.75, 3.05) is 13.7 Å². The first-order chi connectivity index (χ1) is 7.13. The Labute approximate surface area is 94.2 Å². The molecule has 0 fully saturated rings. The lowest BCUT2D eigenvalue weighted by molar-refractivity contribution is 0.187. The van der Waals surface area contributed by atoms with Crippen LogP contribution in [0.1, 0.15) is 12.0 Å². The standard InChI is InChI=1S/C11H15ClFNO/c1-15-5-4-10(14)6-8-2-3-9(12)7-11(8)13/h2-3,7,10H,4-6,14H2,1H3. The number of halogens is 2. The molecule has 1 atom stereocenters. The first-order valence-electron chi connectivity index (χ1n) is 4.82. The number of benzene rings is 1. The van der Waals surface area contributed by atoms with Crippen LogP contribution < -0.4 is 5.73 Å². The molecule has 0 amide bonds. The summed E-state index contributed by atoms with van der Waals surface area (Å²) in [7, 11) is 1.62. The summed E-state index contributed by atoms with van der Waals surface area (Å²) in [5, 5.41) is 0.404. The van der Waals surface area contributed by atoms with E-state index in [1.165, 1.54) is 6.07 Å². The van der Waals surface area contributed by atoms with Gasteiger partial charge in [0.2, 0.25) is 0 Å². The second kappa shape index (κ2) is 6.05. The lowest BCUT2D eigenvalue weighted by atomic mass is 10.0. The Balaban J connectivity index is 2.56. The predicted octanol–water partition coefficient (Wildman–Crippen LogP) is 2.39. The second-order valence-corrected chi connectivity index (χ2v) is 3.92. The lowest BCUT2D eigenvalue weighted by Gasteiger charge is -2.11. The van der Waals surface area contributed by atoms with Crippen molar-refractivity contribution in [3.63, 3.8) is 0 Å². The Hall–Kier alpha value is -0.640. The summed E-state index contributed by atoms with van der Waals surface area (Å²) >= 11 is 5.65. The second-order valence-electron chi connectivity index (χ2n) is 3.48. The first-order valence-corrected chi connectivity index (χ1v) is 5.19. The van der Waals surface area contributed by atoms with Gasteiger partial charge in [0.1, 0.15) is 5.82 Å². The van der Waals surface area contributed by atoms with Crippen LogP contribution in [0.5, 0.6) is 0 Å². The van der Waals surface area contributed by atoms with Crippen LogP contribution in [0.25, 0.3) is 0 Å². The average Bonchev–Trinajstić information content (AvgIpc) is 2.19. The van der Waals surface area contributed by atoms with Crippen LogP contribution in [0.4, 0.5) is 4.39 Å². The van der Waals surface area contributed by atoms with Crippen molar-refractivity contribution in [2.24, 2.45) is 5.73 Å². The molecule has 0 saturated heterocycles. The number of hydrogen-bond donors (Lipinski definition) is 1. The molecule has 2 nitrogen and oxygen atoms in total. The summed E-state index contributed by atoms with van der Waals surface area (Å²) in [6.07, 6.45) is 1.23. The number of nitrogens with two attached hydrogens (primary N) is 1. The molecule has 0 spiro atoms. The third kappa shape index (κ3) is 4.16. The summed E-state index contributed by atoms with van der Waals surface area (Å²) in [6.45, 7) is 0.594. The molecule has 2 N–H and O–H groups in total. The highest BCUT2D eigenvalue weighted by Crippen LogP contribution is 2.16. The largest absolute Gasteiger partial charge is 0.385 e. The highest BCUT2D eigenvalue weighted by molar-refractivity contribution is 6.30. The van der Waals surface area contributed by atoms with Crippen LogP contribution in [0.2, 0.25) is 5.02 Å². The smallest absolute Gasteiger partial charge is 0.127 e. The minimum Gasteiger partial charge on any atom is -0.385 e. The zero-order chi connectivity index (χ0) is 11.3. The molecule has 0 saturated carbocycles. The average molecular weight is 232 g/mol. The Morgan fingerprint density at radius 1 is 1.53 bits per heavy atom. The zero-order valence-corrected chi connectivity index (χ0v) is 9.43. The molecule has 1 aromatic carbocycles. The summed E-state index contributed by atoms with van der Waals surface area (Å²) in [5.74, 6) is -0.296. The van der Waals surface area contributed by atoms with Gasteiger partial charge >= 0.3 is 0 Å². The van der Waals surface area contributed by atoms with E-state index in [4.69, 9.17) is 22.1 Å². The SMILES string of the molecule is COCCC(N)Cc1ccc(Cl)cc1F. The van der Waals surface area contributed by atoms with Gasteiger partial charge in [-0.15, -0.1) is 0 Å². The van der Waals surface area contributed by atoms with Crippen LogP contribution in [0, 0.1) is 5.82 Å². The van der Waals surface area contributed by atoms with E-state index in [9.17, 15) is 4.39 Å². The zero-order valence-electron chi connectivity index (χ0n) is 8.67. The summed E-state index contributed by atoms with van der Waals surface area (Å²) in [5.41, 5.74) is 6.42. The minimum absolute atomic E-state index is 0.0828. The first kappa shape index (κ1) is 12.4. The molecular weight excluding hydrogens is 217 g/mol. The third-order valence-corrected chi connectivity index (χ3v) is 2.43. The monoisotopic (exact) mass is 231 g/mol. The number of hydrogen-bond acceptors (Lipinski definition) is 2. The Morgan fingerprint density at radius 3 is 2.87 bits per heavy atom. The number of methoxy groups -OCH3 is 1. The molecule has 1 aromatic rings. The fourth-order valence-electron chi connectivity index (χ4n) is 1.34. The van der Waals surface area contributed by atoms with Crippen molar-refractivity contribution < 1.29 is 9.13 Å². The van der Waals surface area contributed by atoms with Gasteiger partial charge in [-0.25, -0.2) is 4.39 Å². The molecule has 0 aromatic heterocycles. The summed E-state index contributed by atoms with van der Waals surface area (Å²) in [4.78, 5) is 0. The maximum atomic E-state index is 13.4. The number of rotatable bonds is 5. The molecule has 84 valence electrons. The van der Waals surface area contributed by atoms with Gasteiger partial charge in [0.25, 0.3) is 0 Å². The van der Waals surface area contributed by atoms with Gasteiger partial charge < -0.3 is 10.5 Å². The van der Waals surface area contributed by atoms with E-state index in [0.29, 0.717) is 23.6 Å². The van der Waals surface area contributed by atoms with E-state index < -0.39 is 0 Å². The number of ether oxygens (including phenoxy) is 1. The summed E-state index contributed by atoms with van der Waals surface area (Å²) < 4.78 is 18.3. The summed E-state index contributed by atoms with van der Waals surface area (Å²) in [6, 6.07) is 4.56. The van der Waals surface area contributed by atoms with Gasteiger partial charge in [-0.2, -0.15) is 0 Å². The van der Waals surface area contributed by atoms with Gasteiger partial charge in [0, 0.05) is 24.8 Å². The molecule has 0 aliphatic carbocycles. The van der Waals surface area contributed by atoms with Gasteiger partial charge in [0.05, 0.1) is 0 Å². The van der Waals surface area contributed by atoms with Gasteiger partial charge in [-0.05, 0) is 30.5 Å². The molecular formula is C11H15ClFNO. The molecule has 0 radical (unpaired) electrons. The van der Waals surface area contributed by atoms with Crippen molar-refractivity contribution in [1.29, 1.82) is 0 Å². The Morgan fingerprint density at radius 2 is 2.27 bits per heavy atom. The maximum absolute atomic E-state index is 13.4. The van der Waals surface area contributed by atoms with Crippen molar-refractivity contribution in [3.8, 4) is 0 Å². The van der Waals surface area contributed by atoms with Crippen molar-refractivity contribution in [1.82, 2.24) is 0 Å². The predicted molar refractivity (Wildman–Crippen MR) is 59.6 cm³/mol. The van der Waals surface area contributed by atoms with E-state index in [-0.39, 0.29) is 11.9 Å². The van der Waals surface area contributed by atoms with E-state index in [2.05, 4.69) is 0 Å². The maximum Gasteiger partial charge on any atom is 0.127 e. The van der Waals surface area contributed by atoms with E-state index in [1.54, 1.807) is 19.2 Å². The molecule has 4 heteroatoms. The van der Waals surface area contributed by atoms with Crippen LogP contribution >= 0.6 is 11.6 Å². The minimum atomic E-state index is -0.296. The fourth-order valence-corrected chi connectivity index (χ4v) is 1.50. The van der Waals surface area contributed by atoms with E-state index >= 15 is 0 Å². The molecule has 1 unspecified atom stereocenters. The van der Waals surface area contributed by atoms with Gasteiger partial charge in [-0.1, -0.05) is 17.7 Å². The van der Waals surface area contributed by atoms with Crippen molar-refractivity contribution in [3.05, 3.63) is 34.6 Å². The quantitative estimate of drug-likeness (QED) is 0.845. The Bertz CT molecular complexity index is 319. The molecule has 0 aliphatic heterocycles. The Kier molecular flexibility index (Phi) is 5.02. The molecule has 0 aliphatic rings. The van der Waals surface area contributed by atoms with E-state index in [0.717, 1.165) is 6.42 Å². The molecule has 15 heavy (non-hydrogen) atoms. The fraction of sp³-hybridized carbons (Fsp3) is 0.455. The van der Waals surface area contributed by atoms with Gasteiger partial charge in [-0.3, -0.25) is 0 Å². The molecule has 0 heterocycles. The topological polar surface area (TPSA) is 35.2 Å². The van der Waals surface area contributed by atoms with Crippen molar-refractivity contribution >= 4 is 11.6 Å². The highest BCUT2D eigenvalue weighted by atomic mass is 35.5. The molecule has 0 bridgehead atoms. The lowest BCUT2D eigenvalue weighted by Crippen LogP contribution is -2.24. The van der Waals surface area contributed by atoms with Crippen molar-refractivity contribution in [2.45, 2.75) is 18.9 Å². The third-order valence-electron chi connectivity index (χ3n) is 2.19. The normalized spacial score (nSPS) is 12.8. The van der Waals surface area contributed by atoms with Crippen LogP contribution in [-0.4, -0.2) is 19.8 Å². The molecule has 1 rings (SSSR count). The van der Waals surface area contributed by atoms with Crippen LogP contribution in [0.3, 0.4) is 0 Å². The van der Waals surface area contributed by atoms with E-state index in [1.807, 2.05) is 0 Å². The van der Waals surface area contributed by atoms with Crippen LogP contribution in [0.15, 0.2) is 18.2 Å². The highest BCUT2D eigenvalue weighted by Gasteiger charge is 2.08. The van der Waals surface area contributed by atoms with Gasteiger partial charge in [0.15, 0.2) is 0 Å². The van der Waals surface area contributed by atoms with Crippen LogP contribution in [-0.2, 0) is 11.2 Å².